The van der Waals surface area contributed by atoms with Gasteiger partial charge in [-0.25, -0.2) is 9.59 Å². The van der Waals surface area contributed by atoms with Gasteiger partial charge in [-0.15, -0.1) is 0 Å². The highest BCUT2D eigenvalue weighted by atomic mass is 16.5. The van der Waals surface area contributed by atoms with E-state index in [0.29, 0.717) is 17.8 Å². The third-order valence-electron chi connectivity index (χ3n) is 4.66. The molecule has 0 aliphatic heterocycles. The predicted molar refractivity (Wildman–Crippen MR) is 99.0 cm³/mol. The van der Waals surface area contributed by atoms with Gasteiger partial charge in [0.15, 0.2) is 6.61 Å². The van der Waals surface area contributed by atoms with Crippen LogP contribution in [0.5, 0.6) is 5.75 Å². The second kappa shape index (κ2) is 7.82. The Morgan fingerprint density at radius 2 is 2.00 bits per heavy atom. The van der Waals surface area contributed by atoms with Crippen molar-refractivity contribution < 1.29 is 23.8 Å². The zero-order valence-electron chi connectivity index (χ0n) is 15.4. The van der Waals surface area contributed by atoms with Gasteiger partial charge < -0.3 is 19.6 Å². The van der Waals surface area contributed by atoms with E-state index in [2.05, 4.69) is 5.32 Å². The van der Waals surface area contributed by atoms with Gasteiger partial charge in [0.2, 0.25) is 0 Å². The number of fused-ring (bicyclic) bond motifs is 3. The maximum atomic E-state index is 12.0. The number of carbonyl (C=O) groups is 2. The van der Waals surface area contributed by atoms with Gasteiger partial charge in [0.25, 0.3) is 5.91 Å². The normalized spacial score (nSPS) is 14.2. The van der Waals surface area contributed by atoms with Crippen LogP contribution in [0.15, 0.2) is 27.4 Å². The molecular formula is C20H23NO6. The largest absolute Gasteiger partial charge is 0.484 e. The first-order valence-corrected chi connectivity index (χ1v) is 9.08. The lowest BCUT2D eigenvalue weighted by Gasteiger charge is -2.16. The standard InChI is InChI=1S/C20H23NO6/c1-11(2)8-16(19(23)24)21-18(22)10-26-12-6-7-14-13-4-3-5-15(13)20(25)27-17(14)9-12/h6-7,9,11,16H,3-5,8,10H2,1-2H3,(H,21,22)(H,23,24)/t16-/m1/s1. The van der Waals surface area contributed by atoms with Crippen molar-refractivity contribution in [2.24, 2.45) is 5.92 Å². The van der Waals surface area contributed by atoms with Crippen molar-refractivity contribution in [1.82, 2.24) is 5.32 Å². The number of carboxylic acid groups (broad SMARTS) is 1. The first kappa shape index (κ1) is 18.9. The molecule has 1 aliphatic carbocycles. The summed E-state index contributed by atoms with van der Waals surface area (Å²) in [7, 11) is 0. The van der Waals surface area contributed by atoms with Crippen LogP contribution in [0.4, 0.5) is 0 Å². The Hall–Kier alpha value is -2.83. The number of amides is 1. The lowest BCUT2D eigenvalue weighted by Crippen LogP contribution is -2.43. The van der Waals surface area contributed by atoms with E-state index in [-0.39, 0.29) is 18.2 Å². The number of aliphatic carboxylic acids is 1. The summed E-state index contributed by atoms with van der Waals surface area (Å²) in [6, 6.07) is 4.19. The van der Waals surface area contributed by atoms with Crippen LogP contribution in [-0.2, 0) is 22.4 Å². The van der Waals surface area contributed by atoms with E-state index >= 15 is 0 Å². The Morgan fingerprint density at radius 3 is 2.70 bits per heavy atom. The van der Waals surface area contributed by atoms with E-state index in [1.165, 1.54) is 0 Å². The topological polar surface area (TPSA) is 106 Å². The molecule has 2 aromatic rings. The smallest absolute Gasteiger partial charge is 0.339 e. The number of hydrogen-bond acceptors (Lipinski definition) is 5. The minimum atomic E-state index is -1.07. The van der Waals surface area contributed by atoms with Gasteiger partial charge in [0.1, 0.15) is 17.4 Å². The van der Waals surface area contributed by atoms with E-state index in [4.69, 9.17) is 9.15 Å². The lowest BCUT2D eigenvalue weighted by atomic mass is 10.0. The highest BCUT2D eigenvalue weighted by Gasteiger charge is 2.22. The fraction of sp³-hybridized carbons (Fsp3) is 0.450. The van der Waals surface area contributed by atoms with Crippen LogP contribution in [0, 0.1) is 5.92 Å². The maximum absolute atomic E-state index is 12.0. The van der Waals surface area contributed by atoms with Crippen LogP contribution >= 0.6 is 0 Å². The minimum Gasteiger partial charge on any atom is -0.484 e. The molecule has 0 spiro atoms. The first-order chi connectivity index (χ1) is 12.8. The van der Waals surface area contributed by atoms with Crippen LogP contribution in [-0.4, -0.2) is 29.6 Å². The second-order valence-electron chi connectivity index (χ2n) is 7.23. The van der Waals surface area contributed by atoms with Crippen molar-refractivity contribution in [3.05, 3.63) is 39.7 Å². The predicted octanol–water partition coefficient (Wildman–Crippen LogP) is 2.28. The fourth-order valence-corrected chi connectivity index (χ4v) is 3.43. The Morgan fingerprint density at radius 1 is 1.26 bits per heavy atom. The highest BCUT2D eigenvalue weighted by molar-refractivity contribution is 5.85. The number of aryl methyl sites for hydroxylation is 1. The van der Waals surface area contributed by atoms with Gasteiger partial charge in [-0.05, 0) is 49.3 Å². The molecule has 1 heterocycles. The summed E-state index contributed by atoms with van der Waals surface area (Å²) >= 11 is 0. The molecule has 7 heteroatoms. The monoisotopic (exact) mass is 373 g/mol. The van der Waals surface area contributed by atoms with E-state index < -0.39 is 17.9 Å². The van der Waals surface area contributed by atoms with E-state index in [1.54, 1.807) is 12.1 Å². The summed E-state index contributed by atoms with van der Waals surface area (Å²) in [6.07, 6.45) is 2.88. The SMILES string of the molecule is CC(C)C[C@@H](NC(=O)COc1ccc2c3c(c(=O)oc2c1)CCC3)C(=O)O. The molecule has 1 aromatic carbocycles. The number of benzene rings is 1. The van der Waals surface area contributed by atoms with Crippen LogP contribution in [0.1, 0.15) is 37.8 Å². The molecule has 0 radical (unpaired) electrons. The van der Waals surface area contributed by atoms with Gasteiger partial charge in [-0.1, -0.05) is 13.8 Å². The van der Waals surface area contributed by atoms with E-state index in [1.807, 2.05) is 19.9 Å². The van der Waals surface area contributed by atoms with Gasteiger partial charge in [-0.2, -0.15) is 0 Å². The fourth-order valence-electron chi connectivity index (χ4n) is 3.43. The first-order valence-electron chi connectivity index (χ1n) is 9.08. The number of carbonyl (C=O) groups excluding carboxylic acids is 1. The summed E-state index contributed by atoms with van der Waals surface area (Å²) in [5.41, 5.74) is 1.90. The summed E-state index contributed by atoms with van der Waals surface area (Å²) < 4.78 is 10.8. The lowest BCUT2D eigenvalue weighted by molar-refractivity contribution is -0.142. The molecule has 27 heavy (non-hydrogen) atoms. The second-order valence-corrected chi connectivity index (χ2v) is 7.23. The molecule has 0 saturated heterocycles. The molecule has 2 N–H and O–H groups in total. The van der Waals surface area contributed by atoms with E-state index in [9.17, 15) is 19.5 Å². The highest BCUT2D eigenvalue weighted by Crippen LogP contribution is 2.29. The molecule has 0 bridgehead atoms. The molecular weight excluding hydrogens is 350 g/mol. The number of nitrogens with one attached hydrogen (secondary N) is 1. The molecule has 1 atom stereocenters. The Labute approximate surface area is 156 Å². The number of rotatable bonds is 7. The van der Waals surface area contributed by atoms with Crippen molar-refractivity contribution in [2.75, 3.05) is 6.61 Å². The third kappa shape index (κ3) is 4.30. The van der Waals surface area contributed by atoms with E-state index in [0.717, 1.165) is 35.8 Å². The Bertz CT molecular complexity index is 930. The maximum Gasteiger partial charge on any atom is 0.339 e. The van der Waals surface area contributed by atoms with Gasteiger partial charge in [0.05, 0.1) is 0 Å². The van der Waals surface area contributed by atoms with Crippen molar-refractivity contribution in [3.63, 3.8) is 0 Å². The minimum absolute atomic E-state index is 0.137. The summed E-state index contributed by atoms with van der Waals surface area (Å²) in [5.74, 6) is -1.07. The van der Waals surface area contributed by atoms with Gasteiger partial charge >= 0.3 is 11.6 Å². The van der Waals surface area contributed by atoms with Crippen LogP contribution in [0.2, 0.25) is 0 Å². The van der Waals surface area contributed by atoms with Crippen LogP contribution < -0.4 is 15.7 Å². The molecule has 0 unspecified atom stereocenters. The molecule has 0 saturated carbocycles. The molecule has 1 aliphatic rings. The molecule has 144 valence electrons. The van der Waals surface area contributed by atoms with Gasteiger partial charge in [0, 0.05) is 17.0 Å². The summed E-state index contributed by atoms with van der Waals surface area (Å²) in [6.45, 7) is 3.46. The van der Waals surface area contributed by atoms with Crippen molar-refractivity contribution in [3.8, 4) is 5.75 Å². The molecule has 1 amide bonds. The average molecular weight is 373 g/mol. The summed E-state index contributed by atoms with van der Waals surface area (Å²) in [4.78, 5) is 35.3. The Kier molecular flexibility index (Phi) is 5.48. The molecule has 7 nitrogen and oxygen atoms in total. The number of hydrogen-bond donors (Lipinski definition) is 2. The van der Waals surface area contributed by atoms with Gasteiger partial charge in [-0.3, -0.25) is 4.79 Å². The Balaban J connectivity index is 1.68. The number of ether oxygens (including phenoxy) is 1. The number of carboxylic acids is 1. The molecule has 3 rings (SSSR count). The van der Waals surface area contributed by atoms with Crippen molar-refractivity contribution in [2.45, 2.75) is 45.6 Å². The molecule has 0 fully saturated rings. The zero-order chi connectivity index (χ0) is 19.6. The van der Waals surface area contributed by atoms with Crippen molar-refractivity contribution >= 4 is 22.8 Å². The zero-order valence-corrected chi connectivity index (χ0v) is 15.4. The van der Waals surface area contributed by atoms with Crippen LogP contribution in [0.3, 0.4) is 0 Å². The summed E-state index contributed by atoms with van der Waals surface area (Å²) in [5, 5.41) is 12.5. The third-order valence-corrected chi connectivity index (χ3v) is 4.66. The van der Waals surface area contributed by atoms with Crippen molar-refractivity contribution in [1.29, 1.82) is 0 Å². The van der Waals surface area contributed by atoms with Crippen LogP contribution in [0.25, 0.3) is 11.0 Å². The quantitative estimate of drug-likeness (QED) is 0.721. The molecule has 1 aromatic heterocycles. The average Bonchev–Trinajstić information content (AvgIpc) is 3.09.